The molecule has 10 heavy (non-hydrogen) atoms. The molecule has 0 heterocycles. The molecule has 0 fully saturated rings. The summed E-state index contributed by atoms with van der Waals surface area (Å²) in [6.07, 6.45) is 1.14. The summed E-state index contributed by atoms with van der Waals surface area (Å²) in [7, 11) is 0. The predicted molar refractivity (Wildman–Crippen MR) is 41.1 cm³/mol. The molecule has 0 unspecified atom stereocenters. The average molecular weight is 171 g/mol. The number of rotatable bonds is 4. The van der Waals surface area contributed by atoms with Crippen LogP contribution in [0.2, 0.25) is 0 Å². The monoisotopic (exact) mass is 170 g/mol. The van der Waals surface area contributed by atoms with E-state index in [9.17, 15) is 4.79 Å². The van der Waals surface area contributed by atoms with Gasteiger partial charge in [0.1, 0.15) is 6.04 Å². The topological polar surface area (TPSA) is 89.3 Å². The fraction of sp³-hybridized carbons (Fsp3) is 0.800. The molecule has 0 amide bonds. The number of hydrogen-bond donors (Lipinski definition) is 3. The predicted octanol–water partition coefficient (Wildman–Crippen LogP) is -0.441. The van der Waals surface area contributed by atoms with Crippen LogP contribution in [0.25, 0.3) is 0 Å². The van der Waals surface area contributed by atoms with Crippen molar-refractivity contribution in [1.29, 1.82) is 0 Å². The summed E-state index contributed by atoms with van der Waals surface area (Å²) >= 11 is 0. The molecule has 5 heteroatoms. The fourth-order valence-electron chi connectivity index (χ4n) is 0.461. The third-order valence-electron chi connectivity index (χ3n) is 1.04. The van der Waals surface area contributed by atoms with E-state index in [-0.39, 0.29) is 12.4 Å². The number of aliphatic carboxylic acids is 1. The molecule has 0 aromatic heterocycles. The summed E-state index contributed by atoms with van der Waals surface area (Å²) in [6.45, 7) is 0.501. The van der Waals surface area contributed by atoms with Crippen molar-refractivity contribution in [3.63, 3.8) is 0 Å². The average Bonchev–Trinajstić information content (AvgIpc) is 1.82. The summed E-state index contributed by atoms with van der Waals surface area (Å²) in [5, 5.41) is 8.24. The maximum absolute atomic E-state index is 10.0. The minimum Gasteiger partial charge on any atom is -0.480 e. The van der Waals surface area contributed by atoms with Crippen molar-refractivity contribution >= 4 is 18.4 Å². The Bertz CT molecular complexity index is 99.6. The lowest BCUT2D eigenvalue weighted by Crippen LogP contribution is -2.30. The largest absolute Gasteiger partial charge is 0.480 e. The van der Waals surface area contributed by atoms with Gasteiger partial charge in [-0.1, -0.05) is 0 Å². The first kappa shape index (κ1) is 12.4. The van der Waals surface area contributed by atoms with Gasteiger partial charge in [-0.25, -0.2) is 0 Å². The SMILES string of the molecule is Cl.NCCC[C@H](N)[14C](=O)O. The van der Waals surface area contributed by atoms with E-state index in [0.29, 0.717) is 19.4 Å². The summed E-state index contributed by atoms with van der Waals surface area (Å²) in [5.74, 6) is -0.955. The van der Waals surface area contributed by atoms with E-state index in [4.69, 9.17) is 16.6 Å². The lowest BCUT2D eigenvalue weighted by atomic mass is 10.3. The van der Waals surface area contributed by atoms with Gasteiger partial charge in [0, 0.05) is 0 Å². The zero-order chi connectivity index (χ0) is 7.28. The first-order valence-electron chi connectivity index (χ1n) is 2.87. The van der Waals surface area contributed by atoms with Gasteiger partial charge in [0.15, 0.2) is 0 Å². The Hall–Kier alpha value is -0.320. The minimum absolute atomic E-state index is 0. The van der Waals surface area contributed by atoms with Crippen LogP contribution >= 0.6 is 12.4 Å². The molecule has 0 bridgehead atoms. The molecule has 0 saturated carbocycles. The number of carboxylic acids is 1. The normalized spacial score (nSPS) is 11.8. The maximum Gasteiger partial charge on any atom is 0.320 e. The third-order valence-corrected chi connectivity index (χ3v) is 1.04. The van der Waals surface area contributed by atoms with E-state index in [1.807, 2.05) is 0 Å². The molecule has 1 atom stereocenters. The van der Waals surface area contributed by atoms with Gasteiger partial charge >= 0.3 is 5.97 Å². The number of nitrogens with two attached hydrogens (primary N) is 2. The summed E-state index contributed by atoms with van der Waals surface area (Å²) in [4.78, 5) is 10.0. The Morgan fingerprint density at radius 1 is 1.60 bits per heavy atom. The first-order valence-corrected chi connectivity index (χ1v) is 2.87. The van der Waals surface area contributed by atoms with Crippen molar-refractivity contribution in [2.45, 2.75) is 18.9 Å². The second kappa shape index (κ2) is 6.80. The maximum atomic E-state index is 10.0. The van der Waals surface area contributed by atoms with Gasteiger partial charge in [-0.05, 0) is 19.4 Å². The quantitative estimate of drug-likeness (QED) is 0.534. The zero-order valence-electron chi connectivity index (χ0n) is 5.62. The molecule has 5 N–H and O–H groups in total. The van der Waals surface area contributed by atoms with Gasteiger partial charge in [0.05, 0.1) is 0 Å². The van der Waals surface area contributed by atoms with Crippen molar-refractivity contribution in [2.24, 2.45) is 11.5 Å². The van der Waals surface area contributed by atoms with Gasteiger partial charge in [-0.2, -0.15) is 0 Å². The van der Waals surface area contributed by atoms with Crippen molar-refractivity contribution in [2.75, 3.05) is 6.54 Å². The second-order valence-electron chi connectivity index (χ2n) is 1.88. The molecule has 0 radical (unpaired) electrons. The molecule has 0 aromatic carbocycles. The van der Waals surface area contributed by atoms with Crippen molar-refractivity contribution in [3.05, 3.63) is 0 Å². The highest BCUT2D eigenvalue weighted by molar-refractivity contribution is 5.85. The molecule has 0 spiro atoms. The van der Waals surface area contributed by atoms with Crippen LogP contribution in [0.3, 0.4) is 0 Å². The van der Waals surface area contributed by atoms with Crippen molar-refractivity contribution < 1.29 is 9.90 Å². The molecular formula is C5H13ClN2O2. The molecule has 0 aliphatic rings. The van der Waals surface area contributed by atoms with Crippen LogP contribution in [0.15, 0.2) is 0 Å². The highest BCUT2D eigenvalue weighted by Crippen LogP contribution is 1.91. The van der Waals surface area contributed by atoms with E-state index < -0.39 is 12.0 Å². The Balaban J connectivity index is 0. The lowest BCUT2D eigenvalue weighted by molar-refractivity contribution is -0.138. The van der Waals surface area contributed by atoms with Crippen LogP contribution in [0.5, 0.6) is 0 Å². The first-order chi connectivity index (χ1) is 4.18. The molecule has 0 aliphatic heterocycles. The summed E-state index contributed by atoms with van der Waals surface area (Å²) < 4.78 is 0. The lowest BCUT2D eigenvalue weighted by Gasteiger charge is -2.02. The van der Waals surface area contributed by atoms with Crippen LogP contribution in [0, 0.1) is 0 Å². The van der Waals surface area contributed by atoms with Gasteiger partial charge < -0.3 is 16.6 Å². The van der Waals surface area contributed by atoms with Crippen LogP contribution < -0.4 is 11.5 Å². The van der Waals surface area contributed by atoms with E-state index in [0.717, 1.165) is 0 Å². The summed E-state index contributed by atoms with van der Waals surface area (Å²) in [5.41, 5.74) is 10.3. The number of carboxylic acid groups (broad SMARTS) is 1. The highest BCUT2D eigenvalue weighted by atomic mass is 35.5. The van der Waals surface area contributed by atoms with Crippen LogP contribution in [-0.4, -0.2) is 23.7 Å². The summed E-state index contributed by atoms with van der Waals surface area (Å²) in [6, 6.07) is -0.742. The smallest absolute Gasteiger partial charge is 0.320 e. The van der Waals surface area contributed by atoms with Crippen LogP contribution in [0.4, 0.5) is 0 Å². The Kier molecular flexibility index (Phi) is 8.40. The molecule has 4 nitrogen and oxygen atoms in total. The molecule has 0 aromatic rings. The zero-order valence-corrected chi connectivity index (χ0v) is 6.43. The Morgan fingerprint density at radius 2 is 2.10 bits per heavy atom. The molecule has 0 aliphatic carbocycles. The van der Waals surface area contributed by atoms with Crippen LogP contribution in [-0.2, 0) is 4.79 Å². The van der Waals surface area contributed by atoms with Crippen molar-refractivity contribution in [3.8, 4) is 0 Å². The minimum atomic E-state index is -0.955. The second-order valence-corrected chi connectivity index (χ2v) is 1.88. The van der Waals surface area contributed by atoms with Gasteiger partial charge in [0.2, 0.25) is 0 Å². The molecule has 0 saturated heterocycles. The van der Waals surface area contributed by atoms with Gasteiger partial charge in [0.25, 0.3) is 0 Å². The Labute approximate surface area is 66.0 Å². The number of halogens is 1. The van der Waals surface area contributed by atoms with Crippen LogP contribution in [0.1, 0.15) is 12.8 Å². The van der Waals surface area contributed by atoms with Crippen molar-refractivity contribution in [1.82, 2.24) is 0 Å². The standard InChI is InChI=1S/C5H12N2O2.ClH/c6-3-1-2-4(7)5(8)9;/h4H,1-3,6-7H2,(H,8,9);1H/t4-;/m0./s1/i5+2;. The van der Waals surface area contributed by atoms with Gasteiger partial charge in [-0.15, -0.1) is 12.4 Å². The molecular weight excluding hydrogens is 158 g/mol. The van der Waals surface area contributed by atoms with E-state index in [1.54, 1.807) is 0 Å². The molecule has 62 valence electrons. The number of hydrogen-bond acceptors (Lipinski definition) is 3. The number of carbonyl (C=O) groups is 1. The highest BCUT2D eigenvalue weighted by Gasteiger charge is 2.08. The fourth-order valence-corrected chi connectivity index (χ4v) is 0.461. The Morgan fingerprint density at radius 3 is 2.40 bits per heavy atom. The van der Waals surface area contributed by atoms with E-state index >= 15 is 0 Å². The van der Waals surface area contributed by atoms with Gasteiger partial charge in [-0.3, -0.25) is 4.79 Å². The van der Waals surface area contributed by atoms with E-state index in [1.165, 1.54) is 0 Å². The van der Waals surface area contributed by atoms with E-state index in [2.05, 4.69) is 0 Å². The third kappa shape index (κ3) is 5.81. The molecule has 0 rings (SSSR count).